The molecule has 1 heterocycles. The van der Waals surface area contributed by atoms with Crippen LogP contribution in [-0.2, 0) is 4.79 Å². The van der Waals surface area contributed by atoms with E-state index in [0.717, 1.165) is 11.8 Å². The van der Waals surface area contributed by atoms with Crippen molar-refractivity contribution in [3.8, 4) is 5.75 Å². The van der Waals surface area contributed by atoms with Gasteiger partial charge in [0.25, 0.3) is 0 Å². The Morgan fingerprint density at radius 1 is 1.40 bits per heavy atom. The van der Waals surface area contributed by atoms with Crippen LogP contribution in [0.15, 0.2) is 17.7 Å². The summed E-state index contributed by atoms with van der Waals surface area (Å²) in [6.07, 6.45) is 2.25. The van der Waals surface area contributed by atoms with Gasteiger partial charge in [0.15, 0.2) is 0 Å². The molecule has 0 N–H and O–H groups in total. The number of ether oxygens (including phenoxy) is 1. The van der Waals surface area contributed by atoms with E-state index in [0.29, 0.717) is 21.4 Å². The second-order valence-electron chi connectivity index (χ2n) is 3.33. The Labute approximate surface area is 97.4 Å². The van der Waals surface area contributed by atoms with Gasteiger partial charge in [-0.15, -0.1) is 0 Å². The quantitative estimate of drug-likeness (QED) is 0.707. The smallest absolute Gasteiger partial charge is 0.149 e. The molecular weight excluding hydrogens is 235 g/mol. The van der Waals surface area contributed by atoms with Crippen molar-refractivity contribution in [2.75, 3.05) is 0 Å². The molecule has 1 unspecified atom stereocenters. The lowest BCUT2D eigenvalue weighted by Gasteiger charge is -2.22. The second-order valence-corrected chi connectivity index (χ2v) is 4.17. The van der Waals surface area contributed by atoms with Crippen LogP contribution in [0.3, 0.4) is 0 Å². The number of fused-ring (bicyclic) bond motifs is 1. The van der Waals surface area contributed by atoms with E-state index in [2.05, 4.69) is 0 Å². The first-order chi connectivity index (χ1) is 7.11. The molecule has 1 aliphatic heterocycles. The molecule has 0 radical (unpaired) electrons. The second kappa shape index (κ2) is 3.87. The molecule has 2 nitrogen and oxygen atoms in total. The minimum absolute atomic E-state index is 0.270. The minimum atomic E-state index is -0.270. The van der Waals surface area contributed by atoms with E-state index in [1.54, 1.807) is 25.1 Å². The van der Waals surface area contributed by atoms with Gasteiger partial charge in [-0.2, -0.15) is 0 Å². The standard InChI is InChI=1S/C11H8Cl2O2/c1-6-8(5-14)2-7-3-9(12)4-10(13)11(7)15-6/h2-6H,1H3. The summed E-state index contributed by atoms with van der Waals surface area (Å²) in [6.45, 7) is 1.80. The topological polar surface area (TPSA) is 26.3 Å². The van der Waals surface area contributed by atoms with Gasteiger partial charge in [-0.05, 0) is 25.1 Å². The molecule has 0 saturated carbocycles. The van der Waals surface area contributed by atoms with Crippen molar-refractivity contribution in [2.45, 2.75) is 13.0 Å². The molecule has 1 atom stereocenters. The fraction of sp³-hybridized carbons (Fsp3) is 0.182. The molecule has 0 fully saturated rings. The van der Waals surface area contributed by atoms with E-state index < -0.39 is 0 Å². The maximum atomic E-state index is 10.7. The molecule has 4 heteroatoms. The number of aldehydes is 1. The number of hydrogen-bond donors (Lipinski definition) is 0. The van der Waals surface area contributed by atoms with Crippen LogP contribution >= 0.6 is 23.2 Å². The number of carbonyl (C=O) groups is 1. The van der Waals surface area contributed by atoms with Crippen molar-refractivity contribution in [3.05, 3.63) is 33.3 Å². The first kappa shape index (κ1) is 10.5. The normalized spacial score (nSPS) is 18.9. The number of rotatable bonds is 1. The zero-order valence-corrected chi connectivity index (χ0v) is 9.47. The van der Waals surface area contributed by atoms with E-state index in [4.69, 9.17) is 27.9 Å². The van der Waals surface area contributed by atoms with Gasteiger partial charge >= 0.3 is 0 Å². The Morgan fingerprint density at radius 2 is 2.13 bits per heavy atom. The van der Waals surface area contributed by atoms with Crippen LogP contribution in [-0.4, -0.2) is 12.4 Å². The van der Waals surface area contributed by atoms with Crippen molar-refractivity contribution in [1.82, 2.24) is 0 Å². The molecule has 1 aliphatic rings. The van der Waals surface area contributed by atoms with Crippen molar-refractivity contribution in [1.29, 1.82) is 0 Å². The molecule has 1 aromatic rings. The molecule has 0 aliphatic carbocycles. The van der Waals surface area contributed by atoms with Gasteiger partial charge in [-0.1, -0.05) is 23.2 Å². The molecule has 0 spiro atoms. The first-order valence-corrected chi connectivity index (χ1v) is 5.20. The zero-order chi connectivity index (χ0) is 11.0. The van der Waals surface area contributed by atoms with Gasteiger partial charge in [0.1, 0.15) is 18.1 Å². The van der Waals surface area contributed by atoms with Crippen LogP contribution in [0.25, 0.3) is 6.08 Å². The monoisotopic (exact) mass is 242 g/mol. The summed E-state index contributed by atoms with van der Waals surface area (Å²) < 4.78 is 5.53. The Morgan fingerprint density at radius 3 is 2.80 bits per heavy atom. The summed E-state index contributed by atoms with van der Waals surface area (Å²) in [5, 5.41) is 0.990. The van der Waals surface area contributed by atoms with Gasteiger partial charge < -0.3 is 4.74 Å². The molecule has 2 rings (SSSR count). The maximum absolute atomic E-state index is 10.7. The van der Waals surface area contributed by atoms with Crippen molar-refractivity contribution < 1.29 is 9.53 Å². The maximum Gasteiger partial charge on any atom is 0.149 e. The number of halogens is 2. The zero-order valence-electron chi connectivity index (χ0n) is 7.96. The third kappa shape index (κ3) is 1.87. The minimum Gasteiger partial charge on any atom is -0.484 e. The summed E-state index contributed by atoms with van der Waals surface area (Å²) in [5.74, 6) is 0.583. The predicted octanol–water partition coefficient (Wildman–Crippen LogP) is 3.36. The van der Waals surface area contributed by atoms with Gasteiger partial charge in [0, 0.05) is 16.2 Å². The van der Waals surface area contributed by atoms with Crippen molar-refractivity contribution >= 4 is 35.6 Å². The molecular formula is C11H8Cl2O2. The highest BCUT2D eigenvalue weighted by molar-refractivity contribution is 6.36. The summed E-state index contributed by atoms with van der Waals surface area (Å²) in [4.78, 5) is 10.7. The van der Waals surface area contributed by atoms with Crippen LogP contribution in [0.4, 0.5) is 0 Å². The highest BCUT2D eigenvalue weighted by atomic mass is 35.5. The highest BCUT2D eigenvalue weighted by Gasteiger charge is 2.20. The fourth-order valence-electron chi connectivity index (χ4n) is 1.48. The summed E-state index contributed by atoms with van der Waals surface area (Å²) >= 11 is 11.8. The molecule has 0 aromatic heterocycles. The summed E-state index contributed by atoms with van der Waals surface area (Å²) in [5.41, 5.74) is 1.33. The molecule has 1 aromatic carbocycles. The van der Waals surface area contributed by atoms with Gasteiger partial charge in [0.2, 0.25) is 0 Å². The van der Waals surface area contributed by atoms with Gasteiger partial charge in [-0.3, -0.25) is 4.79 Å². The van der Waals surface area contributed by atoms with E-state index in [9.17, 15) is 4.79 Å². The number of benzene rings is 1. The first-order valence-electron chi connectivity index (χ1n) is 4.44. The largest absolute Gasteiger partial charge is 0.484 e. The van der Waals surface area contributed by atoms with E-state index >= 15 is 0 Å². The summed E-state index contributed by atoms with van der Waals surface area (Å²) in [6, 6.07) is 3.34. The highest BCUT2D eigenvalue weighted by Crippen LogP contribution is 2.37. The molecule has 78 valence electrons. The van der Waals surface area contributed by atoms with Crippen LogP contribution < -0.4 is 4.74 Å². The Balaban J connectivity index is 2.59. The van der Waals surface area contributed by atoms with E-state index in [1.807, 2.05) is 0 Å². The van der Waals surface area contributed by atoms with Crippen molar-refractivity contribution in [2.24, 2.45) is 0 Å². The molecule has 0 amide bonds. The Bertz CT molecular complexity index is 452. The average molecular weight is 243 g/mol. The van der Waals surface area contributed by atoms with Crippen LogP contribution in [0.1, 0.15) is 12.5 Å². The fourth-order valence-corrected chi connectivity index (χ4v) is 2.04. The SMILES string of the molecule is CC1Oc2c(Cl)cc(Cl)cc2C=C1C=O. The molecule has 0 bridgehead atoms. The lowest BCUT2D eigenvalue weighted by molar-refractivity contribution is -0.105. The average Bonchev–Trinajstić information content (AvgIpc) is 2.18. The van der Waals surface area contributed by atoms with Gasteiger partial charge in [0.05, 0.1) is 5.02 Å². The van der Waals surface area contributed by atoms with E-state index in [1.165, 1.54) is 0 Å². The lowest BCUT2D eigenvalue weighted by atomic mass is 10.0. The van der Waals surface area contributed by atoms with Crippen LogP contribution in [0.5, 0.6) is 5.75 Å². The van der Waals surface area contributed by atoms with E-state index in [-0.39, 0.29) is 6.10 Å². The molecule has 0 saturated heterocycles. The summed E-state index contributed by atoms with van der Waals surface area (Å²) in [7, 11) is 0. The Kier molecular flexibility index (Phi) is 2.72. The van der Waals surface area contributed by atoms with Gasteiger partial charge in [-0.25, -0.2) is 0 Å². The Hall–Kier alpha value is -0.990. The third-order valence-electron chi connectivity index (χ3n) is 2.26. The third-order valence-corrected chi connectivity index (χ3v) is 2.76. The predicted molar refractivity (Wildman–Crippen MR) is 60.6 cm³/mol. The number of carbonyl (C=O) groups excluding carboxylic acids is 1. The van der Waals surface area contributed by atoms with Crippen molar-refractivity contribution in [3.63, 3.8) is 0 Å². The molecule has 15 heavy (non-hydrogen) atoms. The number of hydrogen-bond acceptors (Lipinski definition) is 2. The van der Waals surface area contributed by atoms with Crippen LogP contribution in [0.2, 0.25) is 10.0 Å². The van der Waals surface area contributed by atoms with Crippen LogP contribution in [0, 0.1) is 0 Å². The lowest BCUT2D eigenvalue weighted by Crippen LogP contribution is -2.19.